The van der Waals surface area contributed by atoms with Crippen molar-refractivity contribution in [2.24, 2.45) is 17.8 Å². The minimum absolute atomic E-state index is 0.0968. The lowest BCUT2D eigenvalue weighted by molar-refractivity contribution is -0.161. The first-order chi connectivity index (χ1) is 19.6. The number of rotatable bonds is 14. The van der Waals surface area contributed by atoms with Crippen molar-refractivity contribution in [2.45, 2.75) is 76.2 Å². The molecule has 4 rings (SSSR count). The standard InChI is InChI=1S/C32H44N2O7/c1-7-10-11-19-40-30(38)26-25-28(36)34(24(20-35)21(4)9-3)27(32(25)17-16-31(26,5)41-32)29(37)33(18-8-2)22-12-14-23(39-6)15-13-22/h7-8,12-15,21,24-27,35H,1-2,9-11,16-20H2,3-6H3/t21-,24-,25-,26+,27?,31-,32?/m0/s1. The summed E-state index contributed by atoms with van der Waals surface area (Å²) in [6.07, 6.45) is 6.38. The van der Waals surface area contributed by atoms with Gasteiger partial charge < -0.3 is 29.1 Å². The summed E-state index contributed by atoms with van der Waals surface area (Å²) in [6, 6.07) is 5.45. The number of fused-ring (bicyclic) bond motifs is 1. The Morgan fingerprint density at radius 2 is 1.95 bits per heavy atom. The molecule has 9 heteroatoms. The first-order valence-corrected chi connectivity index (χ1v) is 14.6. The smallest absolute Gasteiger partial charge is 0.312 e. The van der Waals surface area contributed by atoms with Gasteiger partial charge in [-0.1, -0.05) is 32.4 Å². The van der Waals surface area contributed by atoms with E-state index in [1.807, 2.05) is 20.8 Å². The summed E-state index contributed by atoms with van der Waals surface area (Å²) in [4.78, 5) is 45.8. The van der Waals surface area contributed by atoms with E-state index in [1.165, 1.54) is 4.90 Å². The number of aliphatic hydroxyl groups is 1. The van der Waals surface area contributed by atoms with Crippen LogP contribution < -0.4 is 9.64 Å². The molecule has 3 aliphatic rings. The highest BCUT2D eigenvalue weighted by Gasteiger charge is 2.79. The molecule has 41 heavy (non-hydrogen) atoms. The van der Waals surface area contributed by atoms with Crippen LogP contribution in [0, 0.1) is 17.8 Å². The Balaban J connectivity index is 1.79. The summed E-state index contributed by atoms with van der Waals surface area (Å²) >= 11 is 0. The Morgan fingerprint density at radius 1 is 1.24 bits per heavy atom. The lowest BCUT2D eigenvalue weighted by atomic mass is 9.66. The zero-order valence-electron chi connectivity index (χ0n) is 24.7. The van der Waals surface area contributed by atoms with E-state index in [0.29, 0.717) is 43.5 Å². The number of ether oxygens (including phenoxy) is 3. The highest BCUT2D eigenvalue weighted by Crippen LogP contribution is 2.64. The van der Waals surface area contributed by atoms with Gasteiger partial charge in [0.25, 0.3) is 5.91 Å². The molecule has 2 amide bonds. The molecular weight excluding hydrogens is 524 g/mol. The maximum absolute atomic E-state index is 14.7. The topological polar surface area (TPSA) is 106 Å². The van der Waals surface area contributed by atoms with Gasteiger partial charge in [-0.2, -0.15) is 0 Å². The van der Waals surface area contributed by atoms with E-state index in [9.17, 15) is 19.5 Å². The van der Waals surface area contributed by atoms with Crippen molar-refractivity contribution < 1.29 is 33.7 Å². The number of unbranched alkanes of at least 4 members (excludes halogenated alkanes) is 1. The molecule has 9 nitrogen and oxygen atoms in total. The van der Waals surface area contributed by atoms with Gasteiger partial charge in [0.1, 0.15) is 23.3 Å². The third kappa shape index (κ3) is 5.18. The summed E-state index contributed by atoms with van der Waals surface area (Å²) in [7, 11) is 1.57. The summed E-state index contributed by atoms with van der Waals surface area (Å²) in [6.45, 7) is 13.4. The third-order valence-corrected chi connectivity index (χ3v) is 9.31. The van der Waals surface area contributed by atoms with Crippen LogP contribution in [0.2, 0.25) is 0 Å². The van der Waals surface area contributed by atoms with E-state index in [4.69, 9.17) is 14.2 Å². The second-order valence-corrected chi connectivity index (χ2v) is 11.6. The number of carbonyl (C=O) groups is 3. The minimum Gasteiger partial charge on any atom is -0.497 e. The van der Waals surface area contributed by atoms with Crippen molar-refractivity contribution in [2.75, 3.05) is 31.8 Å². The Morgan fingerprint density at radius 3 is 2.54 bits per heavy atom. The van der Waals surface area contributed by atoms with Crippen molar-refractivity contribution in [3.63, 3.8) is 0 Å². The Hall–Kier alpha value is -3.17. The molecule has 1 spiro atoms. The third-order valence-electron chi connectivity index (χ3n) is 9.31. The number of allylic oxidation sites excluding steroid dienone is 1. The van der Waals surface area contributed by atoms with Gasteiger partial charge in [0.05, 0.1) is 37.9 Å². The van der Waals surface area contributed by atoms with Crippen LogP contribution in [0.1, 0.15) is 52.9 Å². The van der Waals surface area contributed by atoms with E-state index in [1.54, 1.807) is 48.4 Å². The molecule has 1 N–H and O–H groups in total. The predicted molar refractivity (Wildman–Crippen MR) is 155 cm³/mol. The van der Waals surface area contributed by atoms with Gasteiger partial charge in [0.2, 0.25) is 5.91 Å². The second kappa shape index (κ2) is 12.4. The minimum atomic E-state index is -1.22. The van der Waals surface area contributed by atoms with Gasteiger partial charge >= 0.3 is 5.97 Å². The summed E-state index contributed by atoms with van der Waals surface area (Å²) < 4.78 is 17.7. The normalized spacial score (nSPS) is 29.5. The molecule has 0 aromatic heterocycles. The SMILES string of the molecule is C=CCCCOC(=O)[C@H]1[C@H]2C(=O)N([C@@H](CO)[C@@H](C)CC)C(C(=O)N(CC=C)c3ccc(OC)cc3)C23CC[C@]1(C)O3. The van der Waals surface area contributed by atoms with Gasteiger partial charge in [-0.05, 0) is 62.8 Å². The molecular formula is C32H44N2O7. The highest BCUT2D eigenvalue weighted by molar-refractivity contribution is 6.05. The van der Waals surface area contributed by atoms with Crippen LogP contribution in [-0.4, -0.2) is 77.9 Å². The van der Waals surface area contributed by atoms with Crippen molar-refractivity contribution >= 4 is 23.5 Å². The van der Waals surface area contributed by atoms with Gasteiger partial charge in [-0.15, -0.1) is 13.2 Å². The second-order valence-electron chi connectivity index (χ2n) is 11.6. The monoisotopic (exact) mass is 568 g/mol. The van der Waals surface area contributed by atoms with Crippen molar-refractivity contribution in [1.29, 1.82) is 0 Å². The number of nitrogens with zero attached hydrogens (tertiary/aromatic N) is 2. The van der Waals surface area contributed by atoms with Gasteiger partial charge in [-0.25, -0.2) is 0 Å². The number of amides is 2. The molecule has 1 aromatic rings. The summed E-state index contributed by atoms with van der Waals surface area (Å²) in [5.41, 5.74) is -1.54. The van der Waals surface area contributed by atoms with E-state index >= 15 is 0 Å². The molecule has 0 aliphatic carbocycles. The predicted octanol–water partition coefficient (Wildman–Crippen LogP) is 3.90. The van der Waals surface area contributed by atoms with Crippen molar-refractivity contribution in [1.82, 2.24) is 4.90 Å². The maximum atomic E-state index is 14.7. The van der Waals surface area contributed by atoms with Crippen LogP contribution >= 0.6 is 0 Å². The molecule has 3 aliphatic heterocycles. The maximum Gasteiger partial charge on any atom is 0.312 e. The molecule has 7 atom stereocenters. The number of anilines is 1. The van der Waals surface area contributed by atoms with Crippen LogP contribution in [0.15, 0.2) is 49.6 Å². The summed E-state index contributed by atoms with van der Waals surface area (Å²) in [5, 5.41) is 10.6. The van der Waals surface area contributed by atoms with E-state index in [-0.39, 0.29) is 37.5 Å². The molecule has 3 heterocycles. The van der Waals surface area contributed by atoms with Crippen LogP contribution in [-0.2, 0) is 23.9 Å². The lowest BCUT2D eigenvalue weighted by Gasteiger charge is -2.41. The van der Waals surface area contributed by atoms with Gasteiger partial charge in [0, 0.05) is 12.2 Å². The first kappa shape index (κ1) is 30.8. The fourth-order valence-electron chi connectivity index (χ4n) is 7.02. The Bertz CT molecular complexity index is 1150. The molecule has 224 valence electrons. The number of likely N-dealkylation sites (tertiary alicyclic amines) is 1. The first-order valence-electron chi connectivity index (χ1n) is 14.6. The molecule has 1 aromatic carbocycles. The summed E-state index contributed by atoms with van der Waals surface area (Å²) in [5.74, 6) is -2.34. The lowest BCUT2D eigenvalue weighted by Crippen LogP contribution is -2.60. The molecule has 0 radical (unpaired) electrons. The Labute approximate surface area is 243 Å². The number of methoxy groups -OCH3 is 1. The van der Waals surface area contributed by atoms with Gasteiger partial charge in [0.15, 0.2) is 0 Å². The number of hydrogen-bond donors (Lipinski definition) is 1. The van der Waals surface area contributed by atoms with Crippen LogP contribution in [0.4, 0.5) is 5.69 Å². The van der Waals surface area contributed by atoms with Crippen LogP contribution in [0.3, 0.4) is 0 Å². The van der Waals surface area contributed by atoms with Crippen molar-refractivity contribution in [3.8, 4) is 5.75 Å². The zero-order chi connectivity index (χ0) is 29.9. The average Bonchev–Trinajstić information content (AvgIpc) is 3.54. The number of aliphatic hydroxyl groups excluding tert-OH is 1. The largest absolute Gasteiger partial charge is 0.497 e. The number of benzene rings is 1. The molecule has 0 saturated carbocycles. The van der Waals surface area contributed by atoms with Crippen LogP contribution in [0.25, 0.3) is 0 Å². The fraction of sp³-hybridized carbons (Fsp3) is 0.594. The van der Waals surface area contributed by atoms with E-state index in [0.717, 1.165) is 0 Å². The molecule has 3 fully saturated rings. The Kier molecular flexibility index (Phi) is 9.29. The van der Waals surface area contributed by atoms with E-state index < -0.39 is 41.1 Å². The molecule has 2 bridgehead atoms. The fourth-order valence-corrected chi connectivity index (χ4v) is 7.02. The van der Waals surface area contributed by atoms with E-state index in [2.05, 4.69) is 13.2 Å². The zero-order valence-corrected chi connectivity index (χ0v) is 24.7. The quantitative estimate of drug-likeness (QED) is 0.206. The number of carbonyl (C=O) groups excluding carboxylic acids is 3. The number of hydrogen-bond acceptors (Lipinski definition) is 7. The number of esters is 1. The van der Waals surface area contributed by atoms with Gasteiger partial charge in [-0.3, -0.25) is 14.4 Å². The average molecular weight is 569 g/mol. The van der Waals surface area contributed by atoms with Crippen LogP contribution in [0.5, 0.6) is 5.75 Å². The molecule has 3 saturated heterocycles. The molecule has 2 unspecified atom stereocenters. The van der Waals surface area contributed by atoms with Crippen molar-refractivity contribution in [3.05, 3.63) is 49.6 Å². The highest BCUT2D eigenvalue weighted by atomic mass is 16.6.